The van der Waals surface area contributed by atoms with Crippen molar-refractivity contribution in [2.75, 3.05) is 5.32 Å². The Hall–Kier alpha value is -2.82. The van der Waals surface area contributed by atoms with Crippen molar-refractivity contribution >= 4 is 34.1 Å². The third kappa shape index (κ3) is 5.87. The first-order valence-electron chi connectivity index (χ1n) is 9.57. The van der Waals surface area contributed by atoms with Crippen LogP contribution >= 0.6 is 11.6 Å². The second-order valence-electron chi connectivity index (χ2n) is 7.11. The van der Waals surface area contributed by atoms with Gasteiger partial charge in [0.25, 0.3) is 12.3 Å². The first-order chi connectivity index (χ1) is 14.7. The van der Waals surface area contributed by atoms with E-state index < -0.39 is 24.1 Å². The van der Waals surface area contributed by atoms with Crippen molar-refractivity contribution in [3.8, 4) is 0 Å². The van der Waals surface area contributed by atoms with Gasteiger partial charge in [0.05, 0.1) is 5.57 Å². The molecule has 0 bridgehead atoms. The van der Waals surface area contributed by atoms with Gasteiger partial charge in [-0.15, -0.1) is 0 Å². The zero-order chi connectivity index (χ0) is 22.5. The van der Waals surface area contributed by atoms with Crippen LogP contribution in [0.4, 0.5) is 23.4 Å². The molecule has 1 saturated carbocycles. The van der Waals surface area contributed by atoms with Gasteiger partial charge < -0.3 is 16.0 Å². The fourth-order valence-corrected chi connectivity index (χ4v) is 3.62. The molecule has 0 spiro atoms. The van der Waals surface area contributed by atoms with E-state index in [0.29, 0.717) is 37.1 Å². The predicted octanol–water partition coefficient (Wildman–Crippen LogP) is 4.02. The van der Waals surface area contributed by atoms with Gasteiger partial charge in [0.1, 0.15) is 22.3 Å². The van der Waals surface area contributed by atoms with Crippen LogP contribution in [-0.4, -0.2) is 39.1 Å². The minimum absolute atomic E-state index is 0.0537. The van der Waals surface area contributed by atoms with Gasteiger partial charge in [0.2, 0.25) is 0 Å². The van der Waals surface area contributed by atoms with Gasteiger partial charge in [-0.25, -0.2) is 13.8 Å². The first-order valence-corrected chi connectivity index (χ1v) is 9.94. The normalized spacial score (nSPS) is 19.6. The average molecular weight is 461 g/mol. The van der Waals surface area contributed by atoms with Crippen molar-refractivity contribution < 1.29 is 22.4 Å². The third-order valence-electron chi connectivity index (χ3n) is 4.98. The Bertz CT molecular complexity index is 971. The molecule has 2 aromatic rings. The molecule has 1 aliphatic carbocycles. The van der Waals surface area contributed by atoms with E-state index in [-0.39, 0.29) is 23.4 Å². The highest BCUT2D eigenvalue weighted by Gasteiger charge is 2.25. The molecule has 7 nitrogen and oxygen atoms in total. The quantitative estimate of drug-likeness (QED) is 0.207. The molecule has 0 unspecified atom stereocenters. The number of alkyl halides is 4. The van der Waals surface area contributed by atoms with E-state index in [9.17, 15) is 22.4 Å². The van der Waals surface area contributed by atoms with E-state index in [0.717, 1.165) is 6.20 Å². The lowest BCUT2D eigenvalue weighted by atomic mass is 9.91. The summed E-state index contributed by atoms with van der Waals surface area (Å²) in [5.74, 6) is -0.0597. The highest BCUT2D eigenvalue weighted by molar-refractivity contribution is 6.71. The minimum atomic E-state index is -2.88. The minimum Gasteiger partial charge on any atom is -0.368 e. The van der Waals surface area contributed by atoms with Crippen LogP contribution in [0.15, 0.2) is 36.2 Å². The van der Waals surface area contributed by atoms with Crippen LogP contribution in [0.25, 0.3) is 5.65 Å². The summed E-state index contributed by atoms with van der Waals surface area (Å²) >= 11 is 5.53. The van der Waals surface area contributed by atoms with Crippen molar-refractivity contribution in [3.05, 3.63) is 41.9 Å². The van der Waals surface area contributed by atoms with E-state index in [1.165, 1.54) is 6.20 Å². The number of halogens is 5. The van der Waals surface area contributed by atoms with E-state index in [4.69, 9.17) is 17.0 Å². The lowest BCUT2D eigenvalue weighted by Gasteiger charge is -2.30. The Morgan fingerprint density at radius 2 is 1.87 bits per heavy atom. The van der Waals surface area contributed by atoms with Gasteiger partial charge in [-0.3, -0.25) is 14.6 Å². The summed E-state index contributed by atoms with van der Waals surface area (Å²) in [4.78, 5) is 16.2. The Balaban J connectivity index is 1.57. The number of rotatable bonds is 8. The Kier molecular flexibility index (Phi) is 7.37. The van der Waals surface area contributed by atoms with Gasteiger partial charge in [-0.05, 0) is 37.8 Å². The summed E-state index contributed by atoms with van der Waals surface area (Å²) in [7, 11) is 0. The molecule has 0 atom stereocenters. The molecule has 0 aromatic carbocycles. The SMILES string of the molecule is N=C(Cl)/C(=C\NC(F)F)C(=O)NC1CCC(Nc2cccc3nc(C(F)F)cn23)CC1. The number of fused-ring (bicyclic) bond motifs is 1. The van der Waals surface area contributed by atoms with Crippen LogP contribution in [0.1, 0.15) is 37.8 Å². The van der Waals surface area contributed by atoms with Crippen LogP contribution in [0.2, 0.25) is 0 Å². The number of pyridine rings is 1. The first kappa shape index (κ1) is 22.9. The maximum Gasteiger partial charge on any atom is 0.312 e. The number of nitrogens with zero attached hydrogens (tertiary/aromatic N) is 2. The van der Waals surface area contributed by atoms with Crippen molar-refractivity contribution in [1.82, 2.24) is 20.0 Å². The van der Waals surface area contributed by atoms with Gasteiger partial charge >= 0.3 is 6.55 Å². The van der Waals surface area contributed by atoms with Gasteiger partial charge in [-0.2, -0.15) is 8.78 Å². The zero-order valence-corrected chi connectivity index (χ0v) is 17.0. The van der Waals surface area contributed by atoms with E-state index >= 15 is 0 Å². The highest BCUT2D eigenvalue weighted by Crippen LogP contribution is 2.25. The number of amides is 1. The van der Waals surface area contributed by atoms with E-state index in [1.54, 1.807) is 27.9 Å². The Morgan fingerprint density at radius 1 is 1.19 bits per heavy atom. The van der Waals surface area contributed by atoms with E-state index in [2.05, 4.69) is 15.6 Å². The van der Waals surface area contributed by atoms with Gasteiger partial charge in [-0.1, -0.05) is 17.7 Å². The summed E-state index contributed by atoms with van der Waals surface area (Å²) in [5, 5.41) is 14.4. The number of carbonyl (C=O) groups is 1. The standard InChI is InChI=1S/C19H21ClF4N6O/c20-16(25)12(8-26-19(23)24)18(31)28-11-6-4-10(5-7-11)27-14-2-1-3-15-29-13(17(21)22)9-30(14)15/h1-3,8-11,17,19,25-27H,4-7H2,(H,28,31)/b12-8+,25-16?. The topological polar surface area (TPSA) is 94.3 Å². The summed E-state index contributed by atoms with van der Waals surface area (Å²) in [6.07, 6.45) is 1.96. The van der Waals surface area contributed by atoms with Crippen LogP contribution < -0.4 is 16.0 Å². The highest BCUT2D eigenvalue weighted by atomic mass is 35.5. The van der Waals surface area contributed by atoms with Crippen LogP contribution in [0.5, 0.6) is 0 Å². The molecule has 0 aliphatic heterocycles. The number of hydrogen-bond donors (Lipinski definition) is 4. The fourth-order valence-electron chi connectivity index (χ4n) is 3.48. The lowest BCUT2D eigenvalue weighted by molar-refractivity contribution is -0.117. The number of imidazole rings is 1. The molecule has 1 amide bonds. The molecular weight excluding hydrogens is 440 g/mol. The third-order valence-corrected chi connectivity index (χ3v) is 5.19. The Labute approximate surface area is 180 Å². The van der Waals surface area contributed by atoms with Gasteiger partial charge in [0.15, 0.2) is 0 Å². The van der Waals surface area contributed by atoms with Crippen molar-refractivity contribution in [1.29, 1.82) is 5.41 Å². The molecule has 168 valence electrons. The molecule has 4 N–H and O–H groups in total. The van der Waals surface area contributed by atoms with Crippen LogP contribution in [-0.2, 0) is 4.79 Å². The fraction of sp³-hybridized carbons (Fsp3) is 0.421. The van der Waals surface area contributed by atoms with Crippen LogP contribution in [0.3, 0.4) is 0 Å². The smallest absolute Gasteiger partial charge is 0.312 e. The average Bonchev–Trinajstić information content (AvgIpc) is 3.15. The predicted molar refractivity (Wildman–Crippen MR) is 109 cm³/mol. The monoisotopic (exact) mass is 460 g/mol. The molecule has 2 heterocycles. The number of hydrogen-bond acceptors (Lipinski definition) is 5. The van der Waals surface area contributed by atoms with Crippen molar-refractivity contribution in [3.63, 3.8) is 0 Å². The molecule has 1 fully saturated rings. The molecule has 31 heavy (non-hydrogen) atoms. The summed E-state index contributed by atoms with van der Waals surface area (Å²) in [6, 6.07) is 5.00. The molecule has 1 aliphatic rings. The molecule has 0 saturated heterocycles. The van der Waals surface area contributed by atoms with Gasteiger partial charge in [0, 0.05) is 24.5 Å². The lowest BCUT2D eigenvalue weighted by Crippen LogP contribution is -2.41. The van der Waals surface area contributed by atoms with Crippen LogP contribution in [0, 0.1) is 5.41 Å². The second-order valence-corrected chi connectivity index (χ2v) is 7.49. The molecule has 0 radical (unpaired) electrons. The summed E-state index contributed by atoms with van der Waals surface area (Å²) in [6.45, 7) is -2.88. The second kappa shape index (κ2) is 9.99. The zero-order valence-electron chi connectivity index (χ0n) is 16.2. The van der Waals surface area contributed by atoms with Crippen molar-refractivity contribution in [2.24, 2.45) is 0 Å². The van der Waals surface area contributed by atoms with E-state index in [1.807, 2.05) is 0 Å². The van der Waals surface area contributed by atoms with Crippen molar-refractivity contribution in [2.45, 2.75) is 50.7 Å². The number of nitrogens with one attached hydrogen (secondary N) is 4. The number of aromatic nitrogens is 2. The molecular formula is C19H21ClF4N6O. The maximum atomic E-state index is 12.9. The molecule has 2 aromatic heterocycles. The number of carbonyl (C=O) groups excluding carboxylic acids is 1. The molecule has 3 rings (SSSR count). The largest absolute Gasteiger partial charge is 0.368 e. The summed E-state index contributed by atoms with van der Waals surface area (Å²) in [5.41, 5.74) is -0.249. The number of anilines is 1. The maximum absolute atomic E-state index is 12.9. The summed E-state index contributed by atoms with van der Waals surface area (Å²) < 4.78 is 52.0. The Morgan fingerprint density at radius 3 is 2.48 bits per heavy atom. The molecule has 12 heteroatoms.